The van der Waals surface area contributed by atoms with E-state index in [1.165, 1.54) is 0 Å². The van der Waals surface area contributed by atoms with Gasteiger partial charge in [0.2, 0.25) is 0 Å². The molecule has 0 heterocycles. The second kappa shape index (κ2) is 6.50. The molecule has 0 radical (unpaired) electrons. The van der Waals surface area contributed by atoms with E-state index in [0.29, 0.717) is 30.4 Å². The molecule has 0 N–H and O–H groups in total. The van der Waals surface area contributed by atoms with Crippen molar-refractivity contribution < 1.29 is 39.2 Å². The molecule has 10 heteroatoms. The molecule has 0 spiro atoms. The minimum atomic E-state index is -4.98. The highest BCUT2D eigenvalue weighted by Crippen LogP contribution is 2.42. The molecule has 1 atom stereocenters. The van der Waals surface area contributed by atoms with Crippen LogP contribution >= 0.6 is 0 Å². The van der Waals surface area contributed by atoms with Gasteiger partial charge >= 0.3 is 12.4 Å². The lowest BCUT2D eigenvalue weighted by Gasteiger charge is -2.30. The lowest BCUT2D eigenvalue weighted by atomic mass is 9.97. The van der Waals surface area contributed by atoms with E-state index in [0.717, 1.165) is 13.0 Å². The Kier molecular flexibility index (Phi) is 5.11. The van der Waals surface area contributed by atoms with Gasteiger partial charge in [-0.05, 0) is 31.5 Å². The molecular weight excluding hydrogens is 401 g/mol. The van der Waals surface area contributed by atoms with Crippen LogP contribution in [0.1, 0.15) is 24.5 Å². The summed E-state index contributed by atoms with van der Waals surface area (Å²) in [6.07, 6.45) is -8.36. The zero-order chi connectivity index (χ0) is 20.8. The molecule has 2 rings (SSSR count). The lowest BCUT2D eigenvalue weighted by molar-refractivity contribution is -0.137. The molecule has 27 heavy (non-hydrogen) atoms. The van der Waals surface area contributed by atoms with Crippen LogP contribution in [0.3, 0.4) is 0 Å². The summed E-state index contributed by atoms with van der Waals surface area (Å²) >= 11 is 0. The Morgan fingerprint density at radius 3 is 2.15 bits per heavy atom. The Bertz CT molecular complexity index is 937. The smallest absolute Gasteiger partial charge is 0.223 e. The largest absolute Gasteiger partial charge is 0.417 e. The third-order valence-corrected chi connectivity index (χ3v) is 6.59. The van der Waals surface area contributed by atoms with Crippen molar-refractivity contribution in [3.8, 4) is 0 Å². The van der Waals surface area contributed by atoms with Gasteiger partial charge in [0.05, 0.1) is 20.8 Å². The molecule has 0 aromatic heterocycles. The van der Waals surface area contributed by atoms with Crippen molar-refractivity contribution in [1.82, 2.24) is 0 Å². The first kappa shape index (κ1) is 21.2. The number of alkyl halides is 6. The zero-order valence-electron chi connectivity index (χ0n) is 13.7. The highest BCUT2D eigenvalue weighted by Gasteiger charge is 2.45. The highest BCUT2D eigenvalue weighted by atomic mass is 32.2. The number of halogens is 7. The normalized spacial score (nSPS) is 21.1. The maximum Gasteiger partial charge on any atom is 0.417 e. The maximum absolute atomic E-state index is 13.5. The predicted molar refractivity (Wildman–Crippen MR) is 85.7 cm³/mol. The van der Waals surface area contributed by atoms with E-state index >= 15 is 0 Å². The summed E-state index contributed by atoms with van der Waals surface area (Å²) in [5.41, 5.74) is -3.46. The molecule has 1 aliphatic rings. The summed E-state index contributed by atoms with van der Waals surface area (Å²) in [5.74, 6) is -1.11. The van der Waals surface area contributed by atoms with Gasteiger partial charge in [0.25, 0.3) is 0 Å². The molecule has 1 aromatic rings. The molecule has 1 aliphatic carbocycles. The van der Waals surface area contributed by atoms with Crippen molar-refractivity contribution in [2.24, 2.45) is 0 Å². The van der Waals surface area contributed by atoms with E-state index in [9.17, 15) is 39.2 Å². The van der Waals surface area contributed by atoms with Crippen LogP contribution in [0, 0.1) is 5.82 Å². The van der Waals surface area contributed by atoms with Crippen molar-refractivity contribution in [1.29, 1.82) is 0 Å². The van der Waals surface area contributed by atoms with Crippen LogP contribution in [0.25, 0.3) is 4.91 Å². The Labute approximate surface area is 150 Å². The van der Waals surface area contributed by atoms with Gasteiger partial charge in [-0.2, -0.15) is 26.3 Å². The van der Waals surface area contributed by atoms with Crippen molar-refractivity contribution in [2.75, 3.05) is 0 Å². The van der Waals surface area contributed by atoms with Crippen LogP contribution in [-0.2, 0) is 16.0 Å². The van der Waals surface area contributed by atoms with E-state index in [2.05, 4.69) is 6.58 Å². The van der Waals surface area contributed by atoms with E-state index in [1.807, 2.05) is 0 Å². The third-order valence-electron chi connectivity index (χ3n) is 4.20. The Balaban J connectivity index is 2.51. The zero-order valence-corrected chi connectivity index (χ0v) is 14.6. The highest BCUT2D eigenvalue weighted by molar-refractivity contribution is 8.02. The lowest BCUT2D eigenvalue weighted by Crippen LogP contribution is -2.35. The fourth-order valence-electron chi connectivity index (χ4n) is 2.54. The quantitative estimate of drug-likeness (QED) is 0.618. The van der Waals surface area contributed by atoms with Crippen molar-refractivity contribution in [3.05, 3.63) is 65.5 Å². The summed E-state index contributed by atoms with van der Waals surface area (Å²) in [4.78, 5) is -1.02. The molecule has 148 valence electrons. The number of allylic oxidation sites excluding steroid dienone is 3. The molecule has 2 nitrogen and oxygen atoms in total. The first-order chi connectivity index (χ1) is 12.1. The van der Waals surface area contributed by atoms with Crippen LogP contribution in [0.5, 0.6) is 0 Å². The standard InChI is InChI=1S/C17H13F7O2S/c1-10(13-9-12(18)3-4-14(13)17(22,23)24)27(25,26)15(2)7-5-11(6-8-15)16(19,20)21/h3-7,9H,1,8H2,2H3. The van der Waals surface area contributed by atoms with Crippen LogP contribution in [0.15, 0.2) is 48.6 Å². The molecule has 1 aromatic carbocycles. The van der Waals surface area contributed by atoms with Gasteiger partial charge in [-0.25, -0.2) is 12.8 Å². The number of sulfone groups is 1. The second-order valence-corrected chi connectivity index (χ2v) is 8.55. The third kappa shape index (κ3) is 3.95. The van der Waals surface area contributed by atoms with Crippen molar-refractivity contribution in [3.63, 3.8) is 0 Å². The minimum Gasteiger partial charge on any atom is -0.223 e. The van der Waals surface area contributed by atoms with Gasteiger partial charge in [-0.3, -0.25) is 0 Å². The van der Waals surface area contributed by atoms with Crippen molar-refractivity contribution >= 4 is 14.7 Å². The molecule has 0 bridgehead atoms. The first-order valence-corrected chi connectivity index (χ1v) is 8.85. The molecule has 0 aliphatic heterocycles. The molecule has 0 fully saturated rings. The SMILES string of the molecule is C=C(c1cc(F)ccc1C(F)(F)F)S(=O)(=O)C1(C)C=CC(C(F)(F)F)=CC1. The molecule has 0 saturated carbocycles. The summed E-state index contributed by atoms with van der Waals surface area (Å²) in [6, 6.07) is 1.29. The fourth-order valence-corrected chi connectivity index (χ4v) is 4.12. The van der Waals surface area contributed by atoms with E-state index < -0.39 is 60.8 Å². The summed E-state index contributed by atoms with van der Waals surface area (Å²) in [5, 5.41) is 0. The van der Waals surface area contributed by atoms with E-state index in [-0.39, 0.29) is 0 Å². The summed E-state index contributed by atoms with van der Waals surface area (Å²) in [6.45, 7) is 4.22. The fraction of sp³-hybridized carbons (Fsp3) is 0.294. The van der Waals surface area contributed by atoms with Crippen molar-refractivity contribution in [2.45, 2.75) is 30.4 Å². The van der Waals surface area contributed by atoms with Gasteiger partial charge in [-0.15, -0.1) is 0 Å². The molecular formula is C17H13F7O2S. The van der Waals surface area contributed by atoms with Gasteiger partial charge < -0.3 is 0 Å². The Hall–Kier alpha value is -2.10. The number of benzene rings is 1. The minimum absolute atomic E-state index is 0.381. The van der Waals surface area contributed by atoms with Crippen LogP contribution in [-0.4, -0.2) is 19.3 Å². The van der Waals surface area contributed by atoms with Crippen LogP contribution in [0.2, 0.25) is 0 Å². The van der Waals surface area contributed by atoms with Crippen LogP contribution < -0.4 is 0 Å². The number of hydrogen-bond donors (Lipinski definition) is 0. The first-order valence-electron chi connectivity index (χ1n) is 7.37. The van der Waals surface area contributed by atoms with Gasteiger partial charge in [0.1, 0.15) is 5.82 Å². The predicted octanol–water partition coefficient (Wildman–Crippen LogP) is 5.44. The Morgan fingerprint density at radius 2 is 1.70 bits per heavy atom. The molecule has 0 amide bonds. The number of hydrogen-bond acceptors (Lipinski definition) is 2. The van der Waals surface area contributed by atoms with Crippen LogP contribution in [0.4, 0.5) is 30.7 Å². The van der Waals surface area contributed by atoms with E-state index in [4.69, 9.17) is 0 Å². The number of rotatable bonds is 3. The second-order valence-electron chi connectivity index (χ2n) is 6.12. The van der Waals surface area contributed by atoms with Gasteiger partial charge in [0.15, 0.2) is 9.84 Å². The topological polar surface area (TPSA) is 34.1 Å². The van der Waals surface area contributed by atoms with Gasteiger partial charge in [0, 0.05) is 5.56 Å². The summed E-state index contributed by atoms with van der Waals surface area (Å²) < 4.78 is 115. The van der Waals surface area contributed by atoms with Gasteiger partial charge in [-0.1, -0.05) is 24.8 Å². The monoisotopic (exact) mass is 414 g/mol. The van der Waals surface area contributed by atoms with E-state index in [1.54, 1.807) is 0 Å². The molecule has 0 saturated heterocycles. The molecule has 1 unspecified atom stereocenters. The Morgan fingerprint density at radius 1 is 1.11 bits per heavy atom. The average molecular weight is 414 g/mol. The average Bonchev–Trinajstić information content (AvgIpc) is 2.52. The maximum atomic E-state index is 13.5. The summed E-state index contributed by atoms with van der Waals surface area (Å²) in [7, 11) is -4.64.